The molecule has 0 spiro atoms. The first-order chi connectivity index (χ1) is 18.7. The minimum Gasteiger partial charge on any atom is -0.462 e. The quantitative estimate of drug-likeness (QED) is 0.280. The van der Waals surface area contributed by atoms with E-state index in [0.29, 0.717) is 35.8 Å². The van der Waals surface area contributed by atoms with Gasteiger partial charge in [0.1, 0.15) is 10.8 Å². The van der Waals surface area contributed by atoms with Crippen LogP contribution in [0.3, 0.4) is 0 Å². The van der Waals surface area contributed by atoms with Crippen molar-refractivity contribution >= 4 is 57.5 Å². The predicted octanol–water partition coefficient (Wildman–Crippen LogP) is 5.34. The van der Waals surface area contributed by atoms with Gasteiger partial charge >= 0.3 is 5.97 Å². The molecule has 3 aromatic rings. The van der Waals surface area contributed by atoms with E-state index in [1.165, 1.54) is 48.2 Å². The summed E-state index contributed by atoms with van der Waals surface area (Å²) in [5.74, 6) is -2.04. The number of fused-ring (bicyclic) bond motifs is 1. The number of nitrogens with one attached hydrogen (secondary N) is 2. The van der Waals surface area contributed by atoms with Gasteiger partial charge in [-0.3, -0.25) is 14.4 Å². The Bertz CT molecular complexity index is 1420. The number of benzene rings is 2. The van der Waals surface area contributed by atoms with Crippen molar-refractivity contribution in [1.29, 1.82) is 0 Å². The molecule has 4 rings (SSSR count). The minimum atomic E-state index is -0.614. The summed E-state index contributed by atoms with van der Waals surface area (Å²) in [6, 6.07) is 12.6. The molecule has 1 aliphatic rings. The van der Waals surface area contributed by atoms with E-state index < -0.39 is 22.9 Å². The smallest absolute Gasteiger partial charge is 0.341 e. The fourth-order valence-corrected chi connectivity index (χ4v) is 6.32. The first kappa shape index (κ1) is 28.3. The number of hydrogen-bond donors (Lipinski definition) is 2. The van der Waals surface area contributed by atoms with Crippen LogP contribution in [0, 0.1) is 5.82 Å². The third-order valence-corrected chi connectivity index (χ3v) is 8.34. The molecular weight excluding hydrogens is 541 g/mol. The minimum absolute atomic E-state index is 0.0466. The molecule has 2 heterocycles. The molecule has 2 N–H and O–H groups in total. The van der Waals surface area contributed by atoms with Crippen LogP contribution in [0.2, 0.25) is 0 Å². The highest BCUT2D eigenvalue weighted by molar-refractivity contribution is 8.00. The number of carbonyl (C=O) groups is 4. The van der Waals surface area contributed by atoms with E-state index in [-0.39, 0.29) is 24.0 Å². The number of anilines is 2. The molecule has 0 saturated heterocycles. The van der Waals surface area contributed by atoms with Crippen LogP contribution in [0.15, 0.2) is 53.4 Å². The van der Waals surface area contributed by atoms with Gasteiger partial charge in [-0.1, -0.05) is 18.2 Å². The summed E-state index contributed by atoms with van der Waals surface area (Å²) in [4.78, 5) is 53.6. The van der Waals surface area contributed by atoms with Crippen molar-refractivity contribution in [3.63, 3.8) is 0 Å². The van der Waals surface area contributed by atoms with Gasteiger partial charge in [-0.25, -0.2) is 9.18 Å². The maximum absolute atomic E-state index is 14.0. The fourth-order valence-electron chi connectivity index (χ4n) is 4.14. The monoisotopic (exact) mass is 569 g/mol. The molecule has 1 atom stereocenters. The Balaban J connectivity index is 1.47. The Hall–Kier alpha value is -3.70. The Morgan fingerprint density at radius 2 is 1.90 bits per heavy atom. The molecule has 0 saturated carbocycles. The van der Waals surface area contributed by atoms with Gasteiger partial charge in [0.25, 0.3) is 5.91 Å². The molecule has 0 fully saturated rings. The number of rotatable bonds is 8. The van der Waals surface area contributed by atoms with E-state index in [9.17, 15) is 23.6 Å². The lowest BCUT2D eigenvalue weighted by molar-refractivity contribution is -0.129. The summed E-state index contributed by atoms with van der Waals surface area (Å²) >= 11 is 2.56. The maximum atomic E-state index is 14.0. The van der Waals surface area contributed by atoms with E-state index in [1.807, 2.05) is 0 Å². The van der Waals surface area contributed by atoms with Gasteiger partial charge in [-0.2, -0.15) is 0 Å². The molecule has 204 valence electrons. The number of ether oxygens (including phenoxy) is 1. The molecule has 11 heteroatoms. The van der Waals surface area contributed by atoms with Gasteiger partial charge in [0.2, 0.25) is 11.8 Å². The molecule has 0 bridgehead atoms. The summed E-state index contributed by atoms with van der Waals surface area (Å²) in [5, 5.41) is 5.43. The number of esters is 1. The standard InChI is InChI=1S/C28H28FN3O5S2/c1-4-37-28(36)24-21-12-13-32(17(3)33)15-23(21)39-27(24)31-25(34)16(2)38-19-9-7-8-18(14-19)30-26(35)20-10-5-6-11-22(20)29/h5-11,14,16H,4,12-13,15H2,1-3H3,(H,30,35)(H,31,34). The Morgan fingerprint density at radius 3 is 2.62 bits per heavy atom. The highest BCUT2D eigenvalue weighted by Crippen LogP contribution is 2.38. The SMILES string of the molecule is CCOC(=O)c1c(NC(=O)C(C)Sc2cccc(NC(=O)c3ccccc3F)c2)sc2c1CCN(C(C)=O)C2. The van der Waals surface area contributed by atoms with Crippen LogP contribution < -0.4 is 10.6 Å². The first-order valence-corrected chi connectivity index (χ1v) is 14.1. The Morgan fingerprint density at radius 1 is 1.13 bits per heavy atom. The Kier molecular flexibility index (Phi) is 9.03. The van der Waals surface area contributed by atoms with Crippen molar-refractivity contribution in [3.05, 3.63) is 75.9 Å². The van der Waals surface area contributed by atoms with Crippen LogP contribution in [-0.4, -0.2) is 47.0 Å². The first-order valence-electron chi connectivity index (χ1n) is 12.4. The van der Waals surface area contributed by atoms with Gasteiger partial charge in [0.05, 0.1) is 29.5 Å². The summed E-state index contributed by atoms with van der Waals surface area (Å²) in [6.45, 7) is 6.04. The predicted molar refractivity (Wildman–Crippen MR) is 150 cm³/mol. The summed E-state index contributed by atoms with van der Waals surface area (Å²) in [5.41, 5.74) is 1.56. The molecule has 1 aromatic heterocycles. The Labute approximate surface area is 233 Å². The number of nitrogens with zero attached hydrogens (tertiary/aromatic N) is 1. The van der Waals surface area contributed by atoms with Crippen LogP contribution in [0.4, 0.5) is 15.1 Å². The second kappa shape index (κ2) is 12.4. The van der Waals surface area contributed by atoms with E-state index in [1.54, 1.807) is 49.1 Å². The van der Waals surface area contributed by atoms with Crippen molar-refractivity contribution in [2.75, 3.05) is 23.8 Å². The number of halogens is 1. The van der Waals surface area contributed by atoms with Crippen molar-refractivity contribution in [1.82, 2.24) is 4.90 Å². The largest absolute Gasteiger partial charge is 0.462 e. The lowest BCUT2D eigenvalue weighted by Crippen LogP contribution is -2.34. The van der Waals surface area contributed by atoms with E-state index in [2.05, 4.69) is 10.6 Å². The molecule has 8 nitrogen and oxygen atoms in total. The van der Waals surface area contributed by atoms with Crippen LogP contribution in [-0.2, 0) is 27.3 Å². The van der Waals surface area contributed by atoms with Gasteiger partial charge in [-0.15, -0.1) is 23.1 Å². The van der Waals surface area contributed by atoms with Gasteiger partial charge in [0, 0.05) is 28.9 Å². The third-order valence-electron chi connectivity index (χ3n) is 6.11. The fraction of sp³-hybridized carbons (Fsp3) is 0.286. The molecule has 1 unspecified atom stereocenters. The van der Waals surface area contributed by atoms with Crippen LogP contribution in [0.25, 0.3) is 0 Å². The van der Waals surface area contributed by atoms with Gasteiger partial charge < -0.3 is 20.3 Å². The third kappa shape index (κ3) is 6.66. The average molecular weight is 570 g/mol. The number of thiophene rings is 1. The van der Waals surface area contributed by atoms with Crippen LogP contribution in [0.5, 0.6) is 0 Å². The number of thioether (sulfide) groups is 1. The highest BCUT2D eigenvalue weighted by Gasteiger charge is 2.31. The lowest BCUT2D eigenvalue weighted by Gasteiger charge is -2.25. The zero-order chi connectivity index (χ0) is 28.1. The normalized spacial score (nSPS) is 13.3. The second-order valence-corrected chi connectivity index (χ2v) is 11.3. The van der Waals surface area contributed by atoms with Crippen molar-refractivity contribution in [2.24, 2.45) is 0 Å². The zero-order valence-electron chi connectivity index (χ0n) is 21.7. The molecule has 3 amide bonds. The summed E-state index contributed by atoms with van der Waals surface area (Å²) < 4.78 is 19.2. The van der Waals surface area contributed by atoms with Crippen LogP contribution in [0.1, 0.15) is 51.9 Å². The molecule has 0 aliphatic carbocycles. The molecule has 2 aromatic carbocycles. The second-order valence-electron chi connectivity index (χ2n) is 8.83. The van der Waals surface area contributed by atoms with E-state index in [0.717, 1.165) is 15.3 Å². The number of amides is 3. The zero-order valence-corrected chi connectivity index (χ0v) is 23.3. The topological polar surface area (TPSA) is 105 Å². The van der Waals surface area contributed by atoms with E-state index >= 15 is 0 Å². The summed E-state index contributed by atoms with van der Waals surface area (Å²) in [6.07, 6.45) is 0.505. The average Bonchev–Trinajstić information content (AvgIpc) is 3.26. The van der Waals surface area contributed by atoms with Crippen molar-refractivity contribution in [3.8, 4) is 0 Å². The van der Waals surface area contributed by atoms with E-state index in [4.69, 9.17) is 4.74 Å². The molecule has 39 heavy (non-hydrogen) atoms. The highest BCUT2D eigenvalue weighted by atomic mass is 32.2. The summed E-state index contributed by atoms with van der Waals surface area (Å²) in [7, 11) is 0. The number of hydrogen-bond acceptors (Lipinski definition) is 7. The molecular formula is C28H28FN3O5S2. The van der Waals surface area contributed by atoms with Gasteiger partial charge in [-0.05, 0) is 56.2 Å². The molecule has 0 radical (unpaired) electrons. The van der Waals surface area contributed by atoms with Crippen molar-refractivity contribution < 1.29 is 28.3 Å². The lowest BCUT2D eigenvalue weighted by atomic mass is 10.0. The van der Waals surface area contributed by atoms with Gasteiger partial charge in [0.15, 0.2) is 0 Å². The molecule has 1 aliphatic heterocycles. The maximum Gasteiger partial charge on any atom is 0.341 e. The number of carbonyl (C=O) groups excluding carboxylic acids is 4. The van der Waals surface area contributed by atoms with Crippen molar-refractivity contribution in [2.45, 2.75) is 43.9 Å². The van der Waals surface area contributed by atoms with Crippen LogP contribution >= 0.6 is 23.1 Å².